The van der Waals surface area contributed by atoms with Crippen molar-refractivity contribution in [3.8, 4) is 5.75 Å². The summed E-state index contributed by atoms with van der Waals surface area (Å²) in [5.41, 5.74) is 1.77. The normalized spacial score (nSPS) is 12.3. The Labute approximate surface area is 138 Å². The molecule has 7 nitrogen and oxygen atoms in total. The van der Waals surface area contributed by atoms with Gasteiger partial charge in [0, 0.05) is 17.6 Å². The van der Waals surface area contributed by atoms with Gasteiger partial charge in [0.25, 0.3) is 0 Å². The Morgan fingerprint density at radius 3 is 3.00 bits per heavy atom. The number of ether oxygens (including phenoxy) is 2. The van der Waals surface area contributed by atoms with Crippen LogP contribution in [0, 0.1) is 0 Å². The Morgan fingerprint density at radius 1 is 1.43 bits per heavy atom. The third-order valence-electron chi connectivity index (χ3n) is 3.11. The molecule has 9 heteroatoms. The molecule has 0 aliphatic carbocycles. The molecule has 1 N–H and O–H groups in total. The lowest BCUT2D eigenvalue weighted by Gasteiger charge is -2.02. The fraction of sp³-hybridized carbons (Fsp3) is 0.214. The van der Waals surface area contributed by atoms with E-state index in [1.165, 1.54) is 18.4 Å². The van der Waals surface area contributed by atoms with Crippen LogP contribution in [0.4, 0.5) is 0 Å². The molecule has 0 bridgehead atoms. The van der Waals surface area contributed by atoms with Gasteiger partial charge in [0.15, 0.2) is 5.16 Å². The van der Waals surface area contributed by atoms with Crippen molar-refractivity contribution in [2.75, 3.05) is 14.2 Å². The van der Waals surface area contributed by atoms with Gasteiger partial charge in [0.2, 0.25) is 0 Å². The zero-order chi connectivity index (χ0) is 16.4. The average Bonchev–Trinajstić information content (AvgIpc) is 3.14. The van der Waals surface area contributed by atoms with Crippen LogP contribution in [-0.4, -0.2) is 39.3 Å². The van der Waals surface area contributed by atoms with E-state index in [4.69, 9.17) is 9.47 Å². The number of pyridine rings is 1. The maximum Gasteiger partial charge on any atom is 0.350 e. The SMILES string of the molecule is COC(=O)c1scc2[nH]c(S(=O)Cc3cc(OC)ccn3)nc12. The summed E-state index contributed by atoms with van der Waals surface area (Å²) >= 11 is 1.24. The van der Waals surface area contributed by atoms with Crippen LogP contribution < -0.4 is 4.74 Å². The maximum atomic E-state index is 12.5. The van der Waals surface area contributed by atoms with Crippen molar-refractivity contribution in [2.24, 2.45) is 0 Å². The molecule has 3 rings (SSSR count). The number of nitrogens with one attached hydrogen (secondary N) is 1. The second-order valence-electron chi connectivity index (χ2n) is 4.54. The third kappa shape index (κ3) is 3.10. The average molecular weight is 351 g/mol. The highest BCUT2D eigenvalue weighted by Crippen LogP contribution is 2.26. The summed E-state index contributed by atoms with van der Waals surface area (Å²) in [6, 6.07) is 3.44. The van der Waals surface area contributed by atoms with Gasteiger partial charge in [-0.15, -0.1) is 11.3 Å². The first-order valence-corrected chi connectivity index (χ1v) is 8.75. The van der Waals surface area contributed by atoms with Crippen molar-refractivity contribution in [2.45, 2.75) is 10.9 Å². The second kappa shape index (κ2) is 6.47. The van der Waals surface area contributed by atoms with E-state index in [-0.39, 0.29) is 5.75 Å². The van der Waals surface area contributed by atoms with E-state index in [0.29, 0.717) is 32.5 Å². The molecule has 0 amide bonds. The van der Waals surface area contributed by atoms with Crippen LogP contribution in [0.15, 0.2) is 28.9 Å². The molecule has 0 spiro atoms. The second-order valence-corrected chi connectivity index (χ2v) is 6.78. The molecule has 0 aliphatic heterocycles. The third-order valence-corrected chi connectivity index (χ3v) is 5.24. The number of aromatic amines is 1. The lowest BCUT2D eigenvalue weighted by atomic mass is 10.3. The topological polar surface area (TPSA) is 94.2 Å². The first kappa shape index (κ1) is 15.6. The smallest absolute Gasteiger partial charge is 0.350 e. The molecule has 3 heterocycles. The van der Waals surface area contributed by atoms with Crippen molar-refractivity contribution < 1.29 is 18.5 Å². The monoisotopic (exact) mass is 351 g/mol. The van der Waals surface area contributed by atoms with Crippen molar-refractivity contribution in [3.05, 3.63) is 34.3 Å². The maximum absolute atomic E-state index is 12.5. The molecule has 23 heavy (non-hydrogen) atoms. The minimum Gasteiger partial charge on any atom is -0.497 e. The van der Waals surface area contributed by atoms with E-state index in [1.54, 1.807) is 30.8 Å². The molecule has 0 radical (unpaired) electrons. The molecule has 3 aromatic heterocycles. The van der Waals surface area contributed by atoms with Crippen LogP contribution in [0.2, 0.25) is 0 Å². The number of hydrogen-bond donors (Lipinski definition) is 1. The summed E-state index contributed by atoms with van der Waals surface area (Å²) in [7, 11) is 1.46. The summed E-state index contributed by atoms with van der Waals surface area (Å²) in [4.78, 5) is 23.5. The molecule has 0 saturated heterocycles. The predicted molar refractivity (Wildman–Crippen MR) is 86.2 cm³/mol. The summed E-state index contributed by atoms with van der Waals surface area (Å²) in [6.45, 7) is 0. The number of imidazole rings is 1. The first-order valence-electron chi connectivity index (χ1n) is 6.55. The Bertz CT molecular complexity index is 887. The van der Waals surface area contributed by atoms with E-state index in [2.05, 4.69) is 15.0 Å². The highest BCUT2D eigenvalue weighted by atomic mass is 32.2. The van der Waals surface area contributed by atoms with Crippen LogP contribution in [0.25, 0.3) is 11.0 Å². The van der Waals surface area contributed by atoms with E-state index in [9.17, 15) is 9.00 Å². The fourth-order valence-corrected chi connectivity index (χ4v) is 3.84. The number of methoxy groups -OCH3 is 2. The van der Waals surface area contributed by atoms with Gasteiger partial charge in [0.05, 0.1) is 42.0 Å². The Kier molecular flexibility index (Phi) is 4.39. The molecule has 1 atom stereocenters. The lowest BCUT2D eigenvalue weighted by molar-refractivity contribution is 0.0608. The van der Waals surface area contributed by atoms with Crippen molar-refractivity contribution in [1.82, 2.24) is 15.0 Å². The summed E-state index contributed by atoms with van der Waals surface area (Å²) in [5, 5.41) is 2.05. The number of esters is 1. The van der Waals surface area contributed by atoms with Crippen molar-refractivity contribution in [3.63, 3.8) is 0 Å². The van der Waals surface area contributed by atoms with Gasteiger partial charge in [-0.05, 0) is 6.07 Å². The molecule has 120 valence electrons. The summed E-state index contributed by atoms with van der Waals surface area (Å²) < 4.78 is 22.3. The number of rotatable bonds is 5. The quantitative estimate of drug-likeness (QED) is 0.708. The molecule has 0 saturated carbocycles. The van der Waals surface area contributed by atoms with E-state index in [1.807, 2.05) is 0 Å². The van der Waals surface area contributed by atoms with Crippen LogP contribution in [0.3, 0.4) is 0 Å². The Hall–Kier alpha value is -2.26. The number of carbonyl (C=O) groups excluding carboxylic acids is 1. The standard InChI is InChI=1S/C14H13N3O4S2/c1-20-9-3-4-15-8(5-9)7-23(19)14-16-10-6-22-12(11(10)17-14)13(18)21-2/h3-6H,7H2,1-2H3,(H,16,17). The zero-order valence-corrected chi connectivity index (χ0v) is 14.0. The van der Waals surface area contributed by atoms with Gasteiger partial charge < -0.3 is 14.5 Å². The first-order chi connectivity index (χ1) is 11.1. The molecule has 0 aliphatic rings. The fourth-order valence-electron chi connectivity index (χ4n) is 2.01. The number of H-pyrrole nitrogens is 1. The number of thiophene rings is 1. The van der Waals surface area contributed by atoms with Crippen LogP contribution in [0.1, 0.15) is 15.4 Å². The van der Waals surface area contributed by atoms with Gasteiger partial charge >= 0.3 is 5.97 Å². The Balaban J connectivity index is 1.86. The van der Waals surface area contributed by atoms with Crippen LogP contribution >= 0.6 is 11.3 Å². The molecule has 1 unspecified atom stereocenters. The van der Waals surface area contributed by atoms with E-state index in [0.717, 1.165) is 0 Å². The van der Waals surface area contributed by atoms with Gasteiger partial charge in [-0.2, -0.15) is 0 Å². The van der Waals surface area contributed by atoms with Gasteiger partial charge in [-0.1, -0.05) is 0 Å². The molecule has 3 aromatic rings. The number of hydrogen-bond acceptors (Lipinski definition) is 7. The predicted octanol–water partition coefficient (Wildman–Crippen LogP) is 2.12. The molecular weight excluding hydrogens is 338 g/mol. The van der Waals surface area contributed by atoms with Gasteiger partial charge in [-0.25, -0.2) is 9.78 Å². The molecular formula is C14H13N3O4S2. The van der Waals surface area contributed by atoms with Crippen molar-refractivity contribution >= 4 is 39.1 Å². The van der Waals surface area contributed by atoms with Crippen LogP contribution in [0.5, 0.6) is 5.75 Å². The van der Waals surface area contributed by atoms with E-state index >= 15 is 0 Å². The number of aromatic nitrogens is 3. The van der Waals surface area contributed by atoms with E-state index < -0.39 is 16.8 Å². The lowest BCUT2D eigenvalue weighted by Crippen LogP contribution is -2.01. The van der Waals surface area contributed by atoms with Gasteiger partial charge in [0.1, 0.15) is 16.1 Å². The largest absolute Gasteiger partial charge is 0.497 e. The molecule has 0 aromatic carbocycles. The number of carbonyl (C=O) groups is 1. The zero-order valence-electron chi connectivity index (χ0n) is 12.4. The van der Waals surface area contributed by atoms with Crippen LogP contribution in [-0.2, 0) is 21.3 Å². The Morgan fingerprint density at radius 2 is 2.26 bits per heavy atom. The number of nitrogens with zero attached hydrogens (tertiary/aromatic N) is 2. The minimum absolute atomic E-state index is 0.199. The highest BCUT2D eigenvalue weighted by Gasteiger charge is 2.19. The van der Waals surface area contributed by atoms with Gasteiger partial charge in [-0.3, -0.25) is 9.19 Å². The summed E-state index contributed by atoms with van der Waals surface area (Å²) in [5.74, 6) is 0.396. The van der Waals surface area contributed by atoms with Crippen molar-refractivity contribution in [1.29, 1.82) is 0 Å². The molecule has 0 fully saturated rings. The number of fused-ring (bicyclic) bond motifs is 1. The summed E-state index contributed by atoms with van der Waals surface area (Å²) in [6.07, 6.45) is 1.60. The highest BCUT2D eigenvalue weighted by molar-refractivity contribution is 7.84. The minimum atomic E-state index is -1.41.